The van der Waals surface area contributed by atoms with Gasteiger partial charge in [0.1, 0.15) is 0 Å². The molecule has 1 aromatic carbocycles. The van der Waals surface area contributed by atoms with Crippen molar-refractivity contribution < 1.29 is 4.74 Å². The van der Waals surface area contributed by atoms with Crippen LogP contribution in [-0.4, -0.2) is 25.8 Å². The number of nitrogens with one attached hydrogen (secondary N) is 1. The molecular weight excluding hydrogens is 234 g/mol. The van der Waals surface area contributed by atoms with Crippen LogP contribution in [-0.2, 0) is 11.2 Å². The van der Waals surface area contributed by atoms with Crippen molar-refractivity contribution in [2.24, 2.45) is 5.92 Å². The lowest BCUT2D eigenvalue weighted by Crippen LogP contribution is -2.39. The molecule has 19 heavy (non-hydrogen) atoms. The summed E-state index contributed by atoms with van der Waals surface area (Å²) in [5, 5.41) is 3.68. The zero-order valence-electron chi connectivity index (χ0n) is 12.3. The number of benzene rings is 1. The second-order valence-electron chi connectivity index (χ2n) is 5.64. The first kappa shape index (κ1) is 14.5. The minimum atomic E-state index is 0.648. The molecule has 0 aromatic heterocycles. The van der Waals surface area contributed by atoms with E-state index in [1.807, 2.05) is 0 Å². The summed E-state index contributed by atoms with van der Waals surface area (Å²) in [5.74, 6) is 0.791. The van der Waals surface area contributed by atoms with Gasteiger partial charge >= 0.3 is 0 Å². The number of rotatable bonds is 6. The van der Waals surface area contributed by atoms with Crippen LogP contribution < -0.4 is 5.32 Å². The standard InChI is InChI=1S/C17H27NO/c1-3-18-17(16-10-12-19-13-11-16)9-8-15-6-4-14(2)5-7-15/h4-7,16-18H,3,8-13H2,1-2H3. The van der Waals surface area contributed by atoms with E-state index in [4.69, 9.17) is 4.74 Å². The van der Waals surface area contributed by atoms with Crippen LogP contribution in [0.2, 0.25) is 0 Å². The first-order valence-corrected chi connectivity index (χ1v) is 7.66. The molecule has 1 aliphatic rings. The highest BCUT2D eigenvalue weighted by Crippen LogP contribution is 2.22. The molecule has 0 saturated carbocycles. The second kappa shape index (κ2) is 7.66. The number of hydrogen-bond donors (Lipinski definition) is 1. The smallest absolute Gasteiger partial charge is 0.0469 e. The zero-order chi connectivity index (χ0) is 13.5. The predicted molar refractivity (Wildman–Crippen MR) is 80.5 cm³/mol. The molecule has 0 spiro atoms. The second-order valence-corrected chi connectivity index (χ2v) is 5.64. The summed E-state index contributed by atoms with van der Waals surface area (Å²) >= 11 is 0. The lowest BCUT2D eigenvalue weighted by molar-refractivity contribution is 0.0528. The van der Waals surface area contributed by atoms with E-state index >= 15 is 0 Å². The molecule has 0 amide bonds. The lowest BCUT2D eigenvalue weighted by atomic mass is 9.88. The van der Waals surface area contributed by atoms with E-state index in [0.29, 0.717) is 6.04 Å². The molecule has 1 fully saturated rings. The van der Waals surface area contributed by atoms with E-state index in [-0.39, 0.29) is 0 Å². The molecule has 1 unspecified atom stereocenters. The van der Waals surface area contributed by atoms with Crippen molar-refractivity contribution in [3.63, 3.8) is 0 Å². The Bertz CT molecular complexity index is 354. The Balaban J connectivity index is 1.87. The van der Waals surface area contributed by atoms with Crippen molar-refractivity contribution in [3.8, 4) is 0 Å². The first-order chi connectivity index (χ1) is 9.29. The van der Waals surface area contributed by atoms with Gasteiger partial charge in [-0.3, -0.25) is 0 Å². The third-order valence-electron chi connectivity index (χ3n) is 4.17. The van der Waals surface area contributed by atoms with E-state index in [1.54, 1.807) is 0 Å². The Morgan fingerprint density at radius 3 is 2.53 bits per heavy atom. The molecule has 0 bridgehead atoms. The average Bonchev–Trinajstić information content (AvgIpc) is 2.46. The molecular formula is C17H27NO. The molecule has 1 aromatic rings. The van der Waals surface area contributed by atoms with Gasteiger partial charge in [0, 0.05) is 19.3 Å². The SMILES string of the molecule is CCNC(CCc1ccc(C)cc1)C1CCOCC1. The topological polar surface area (TPSA) is 21.3 Å². The molecule has 2 nitrogen and oxygen atoms in total. The minimum absolute atomic E-state index is 0.648. The maximum Gasteiger partial charge on any atom is 0.0469 e. The lowest BCUT2D eigenvalue weighted by Gasteiger charge is -2.31. The summed E-state index contributed by atoms with van der Waals surface area (Å²) in [6, 6.07) is 9.61. The van der Waals surface area contributed by atoms with E-state index < -0.39 is 0 Å². The van der Waals surface area contributed by atoms with Gasteiger partial charge in [-0.25, -0.2) is 0 Å². The van der Waals surface area contributed by atoms with Crippen LogP contribution in [0.4, 0.5) is 0 Å². The molecule has 1 atom stereocenters. The predicted octanol–water partition coefficient (Wildman–Crippen LogP) is 3.33. The molecule has 2 heteroatoms. The zero-order valence-corrected chi connectivity index (χ0v) is 12.3. The summed E-state index contributed by atoms with van der Waals surface area (Å²) in [6.45, 7) is 7.30. The van der Waals surface area contributed by atoms with E-state index in [2.05, 4.69) is 43.4 Å². The molecule has 2 rings (SSSR count). The molecule has 1 aliphatic heterocycles. The molecule has 1 N–H and O–H groups in total. The van der Waals surface area contributed by atoms with Crippen molar-refractivity contribution >= 4 is 0 Å². The van der Waals surface area contributed by atoms with Crippen LogP contribution in [0.1, 0.15) is 37.3 Å². The van der Waals surface area contributed by atoms with Gasteiger partial charge in [-0.1, -0.05) is 36.8 Å². The number of ether oxygens (including phenoxy) is 1. The van der Waals surface area contributed by atoms with Gasteiger partial charge in [-0.05, 0) is 50.6 Å². The van der Waals surface area contributed by atoms with Gasteiger partial charge in [0.15, 0.2) is 0 Å². The average molecular weight is 261 g/mol. The van der Waals surface area contributed by atoms with Crippen LogP contribution in [0.3, 0.4) is 0 Å². The summed E-state index contributed by atoms with van der Waals surface area (Å²) in [4.78, 5) is 0. The van der Waals surface area contributed by atoms with Crippen LogP contribution in [0.15, 0.2) is 24.3 Å². The minimum Gasteiger partial charge on any atom is -0.381 e. The summed E-state index contributed by atoms with van der Waals surface area (Å²) in [6.07, 6.45) is 4.84. The van der Waals surface area contributed by atoms with Crippen molar-refractivity contribution in [2.75, 3.05) is 19.8 Å². The normalized spacial score (nSPS) is 18.4. The van der Waals surface area contributed by atoms with Gasteiger partial charge in [-0.2, -0.15) is 0 Å². The maximum atomic E-state index is 5.48. The maximum absolute atomic E-state index is 5.48. The van der Waals surface area contributed by atoms with Crippen LogP contribution in [0.5, 0.6) is 0 Å². The van der Waals surface area contributed by atoms with Crippen molar-refractivity contribution in [1.29, 1.82) is 0 Å². The van der Waals surface area contributed by atoms with Crippen LogP contribution in [0, 0.1) is 12.8 Å². The highest BCUT2D eigenvalue weighted by molar-refractivity contribution is 5.21. The Morgan fingerprint density at radius 1 is 1.21 bits per heavy atom. The van der Waals surface area contributed by atoms with Gasteiger partial charge < -0.3 is 10.1 Å². The van der Waals surface area contributed by atoms with E-state index in [9.17, 15) is 0 Å². The van der Waals surface area contributed by atoms with Crippen LogP contribution >= 0.6 is 0 Å². The third-order valence-corrected chi connectivity index (χ3v) is 4.17. The van der Waals surface area contributed by atoms with Crippen molar-refractivity contribution in [2.45, 2.75) is 45.6 Å². The summed E-state index contributed by atoms with van der Waals surface area (Å²) in [5.41, 5.74) is 2.80. The van der Waals surface area contributed by atoms with E-state index in [1.165, 1.54) is 36.8 Å². The summed E-state index contributed by atoms with van der Waals surface area (Å²) in [7, 11) is 0. The van der Waals surface area contributed by atoms with E-state index in [0.717, 1.165) is 25.7 Å². The fourth-order valence-corrected chi connectivity index (χ4v) is 2.96. The fourth-order valence-electron chi connectivity index (χ4n) is 2.96. The van der Waals surface area contributed by atoms with Crippen molar-refractivity contribution in [3.05, 3.63) is 35.4 Å². The molecule has 106 valence electrons. The van der Waals surface area contributed by atoms with Crippen molar-refractivity contribution in [1.82, 2.24) is 5.32 Å². The van der Waals surface area contributed by atoms with Gasteiger partial charge in [0.05, 0.1) is 0 Å². The molecule has 0 radical (unpaired) electrons. The molecule has 1 saturated heterocycles. The summed E-state index contributed by atoms with van der Waals surface area (Å²) < 4.78 is 5.48. The molecule has 0 aliphatic carbocycles. The monoisotopic (exact) mass is 261 g/mol. The quantitative estimate of drug-likeness (QED) is 0.848. The highest BCUT2D eigenvalue weighted by Gasteiger charge is 2.22. The fraction of sp³-hybridized carbons (Fsp3) is 0.647. The Hall–Kier alpha value is -0.860. The largest absolute Gasteiger partial charge is 0.381 e. The number of hydrogen-bond acceptors (Lipinski definition) is 2. The highest BCUT2D eigenvalue weighted by atomic mass is 16.5. The Labute approximate surface area is 117 Å². The van der Waals surface area contributed by atoms with Gasteiger partial charge in [0.2, 0.25) is 0 Å². The van der Waals surface area contributed by atoms with Gasteiger partial charge in [-0.15, -0.1) is 0 Å². The first-order valence-electron chi connectivity index (χ1n) is 7.66. The molecule has 1 heterocycles. The number of aryl methyl sites for hydroxylation is 2. The van der Waals surface area contributed by atoms with Crippen LogP contribution in [0.25, 0.3) is 0 Å². The Kier molecular flexibility index (Phi) is 5.87. The third kappa shape index (κ3) is 4.63. The Morgan fingerprint density at radius 2 is 1.89 bits per heavy atom. The van der Waals surface area contributed by atoms with Gasteiger partial charge in [0.25, 0.3) is 0 Å².